The van der Waals surface area contributed by atoms with Crippen molar-refractivity contribution in [1.29, 1.82) is 0 Å². The van der Waals surface area contributed by atoms with Crippen molar-refractivity contribution in [3.8, 4) is 0 Å². The molecule has 0 fully saturated rings. The highest BCUT2D eigenvalue weighted by Gasteiger charge is 2.06. The molecular formula is C15H29N3. The van der Waals surface area contributed by atoms with E-state index in [9.17, 15) is 0 Å². The summed E-state index contributed by atoms with van der Waals surface area (Å²) in [5.41, 5.74) is 1.35. The van der Waals surface area contributed by atoms with Gasteiger partial charge in [0.2, 0.25) is 0 Å². The molecule has 0 aliphatic heterocycles. The quantitative estimate of drug-likeness (QED) is 0.647. The van der Waals surface area contributed by atoms with Crippen LogP contribution < -0.4 is 5.32 Å². The third-order valence-electron chi connectivity index (χ3n) is 3.48. The Morgan fingerprint density at radius 2 is 2.06 bits per heavy atom. The maximum atomic E-state index is 4.20. The summed E-state index contributed by atoms with van der Waals surface area (Å²) in [6.07, 6.45) is 10.8. The number of rotatable bonds is 10. The summed E-state index contributed by atoms with van der Waals surface area (Å²) >= 11 is 0. The summed E-state index contributed by atoms with van der Waals surface area (Å²) in [4.78, 5) is 0. The predicted octanol–water partition coefficient (Wildman–Crippen LogP) is 3.30. The number of unbranched alkanes of at least 4 members (excludes halogenated alkanes) is 1. The second kappa shape index (κ2) is 9.15. The molecule has 0 saturated carbocycles. The van der Waals surface area contributed by atoms with Gasteiger partial charge in [-0.2, -0.15) is 5.10 Å². The summed E-state index contributed by atoms with van der Waals surface area (Å²) < 4.78 is 1.98. The van der Waals surface area contributed by atoms with E-state index in [2.05, 4.69) is 30.3 Å². The molecule has 0 aromatic carbocycles. The lowest BCUT2D eigenvalue weighted by Gasteiger charge is -2.17. The van der Waals surface area contributed by atoms with E-state index in [4.69, 9.17) is 0 Å². The van der Waals surface area contributed by atoms with Gasteiger partial charge in [-0.05, 0) is 44.7 Å². The first-order valence-electron chi connectivity index (χ1n) is 7.48. The first-order valence-corrected chi connectivity index (χ1v) is 7.48. The highest BCUT2D eigenvalue weighted by atomic mass is 15.2. The first-order chi connectivity index (χ1) is 8.77. The molecule has 1 aromatic heterocycles. The van der Waals surface area contributed by atoms with E-state index in [1.165, 1.54) is 44.2 Å². The Bertz CT molecular complexity index is 306. The van der Waals surface area contributed by atoms with Crippen LogP contribution in [-0.2, 0) is 13.5 Å². The maximum absolute atomic E-state index is 4.20. The lowest BCUT2D eigenvalue weighted by Crippen LogP contribution is -2.29. The summed E-state index contributed by atoms with van der Waals surface area (Å²) in [7, 11) is 2.03. The molecule has 1 N–H and O–H groups in total. The maximum Gasteiger partial charge on any atom is 0.0492 e. The normalized spacial score (nSPS) is 12.8. The third-order valence-corrected chi connectivity index (χ3v) is 3.48. The molecular weight excluding hydrogens is 222 g/mol. The van der Waals surface area contributed by atoms with Crippen molar-refractivity contribution in [1.82, 2.24) is 15.1 Å². The van der Waals surface area contributed by atoms with E-state index in [0.29, 0.717) is 0 Å². The molecule has 1 heterocycles. The average molecular weight is 251 g/mol. The number of nitrogens with zero attached hydrogens (tertiary/aromatic N) is 2. The molecule has 0 bridgehead atoms. The van der Waals surface area contributed by atoms with Crippen LogP contribution >= 0.6 is 0 Å². The van der Waals surface area contributed by atoms with Crippen molar-refractivity contribution in [2.45, 2.75) is 64.8 Å². The van der Waals surface area contributed by atoms with E-state index in [1.807, 2.05) is 17.9 Å². The Labute approximate surface area is 112 Å². The Hall–Kier alpha value is -0.830. The van der Waals surface area contributed by atoms with Gasteiger partial charge in [0.05, 0.1) is 0 Å². The van der Waals surface area contributed by atoms with Gasteiger partial charge in [0.15, 0.2) is 0 Å². The number of hydrogen-bond donors (Lipinski definition) is 1. The van der Waals surface area contributed by atoms with Crippen LogP contribution in [0, 0.1) is 0 Å². The smallest absolute Gasteiger partial charge is 0.0492 e. The van der Waals surface area contributed by atoms with E-state index < -0.39 is 0 Å². The molecule has 1 rings (SSSR count). The summed E-state index contributed by atoms with van der Waals surface area (Å²) in [6, 6.07) is 2.85. The molecule has 0 radical (unpaired) electrons. The second-order valence-corrected chi connectivity index (χ2v) is 5.13. The highest BCUT2D eigenvalue weighted by molar-refractivity contribution is 4.99. The zero-order chi connectivity index (χ0) is 13.2. The van der Waals surface area contributed by atoms with E-state index in [1.54, 1.807) is 0 Å². The molecule has 0 aliphatic rings. The monoisotopic (exact) mass is 251 g/mol. The van der Waals surface area contributed by atoms with E-state index in [0.717, 1.165) is 19.0 Å². The van der Waals surface area contributed by atoms with Crippen LogP contribution in [0.25, 0.3) is 0 Å². The van der Waals surface area contributed by atoms with Gasteiger partial charge in [-0.25, -0.2) is 0 Å². The van der Waals surface area contributed by atoms with Crippen LogP contribution in [0.1, 0.15) is 58.1 Å². The van der Waals surface area contributed by atoms with Crippen molar-refractivity contribution < 1.29 is 0 Å². The summed E-state index contributed by atoms with van der Waals surface area (Å²) in [5.74, 6) is 0. The molecule has 3 heteroatoms. The molecule has 0 amide bonds. The third kappa shape index (κ3) is 5.67. The average Bonchev–Trinajstić information content (AvgIpc) is 2.77. The van der Waals surface area contributed by atoms with Crippen molar-refractivity contribution in [2.75, 3.05) is 6.54 Å². The van der Waals surface area contributed by atoms with Gasteiger partial charge in [-0.3, -0.25) is 4.68 Å². The van der Waals surface area contributed by atoms with Gasteiger partial charge in [0, 0.05) is 25.0 Å². The van der Waals surface area contributed by atoms with Crippen molar-refractivity contribution >= 4 is 0 Å². The Balaban J connectivity index is 2.16. The number of nitrogens with one attached hydrogen (secondary N) is 1. The van der Waals surface area contributed by atoms with Crippen LogP contribution in [0.4, 0.5) is 0 Å². The van der Waals surface area contributed by atoms with Gasteiger partial charge in [0.25, 0.3) is 0 Å². The molecule has 1 unspecified atom stereocenters. The Morgan fingerprint density at radius 3 is 2.67 bits per heavy atom. The van der Waals surface area contributed by atoms with Gasteiger partial charge >= 0.3 is 0 Å². The lowest BCUT2D eigenvalue weighted by atomic mass is 10.0. The van der Waals surface area contributed by atoms with Crippen LogP contribution in [0.5, 0.6) is 0 Å². The topological polar surface area (TPSA) is 29.9 Å². The highest BCUT2D eigenvalue weighted by Crippen LogP contribution is 2.10. The van der Waals surface area contributed by atoms with Crippen LogP contribution in [0.3, 0.4) is 0 Å². The van der Waals surface area contributed by atoms with Gasteiger partial charge in [0.1, 0.15) is 0 Å². The Kier molecular flexibility index (Phi) is 7.74. The fraction of sp³-hybridized carbons (Fsp3) is 0.800. The minimum atomic E-state index is 0.724. The van der Waals surface area contributed by atoms with Crippen LogP contribution in [-0.4, -0.2) is 22.4 Å². The van der Waals surface area contributed by atoms with Gasteiger partial charge in [-0.15, -0.1) is 0 Å². The number of aryl methyl sites for hydroxylation is 2. The minimum Gasteiger partial charge on any atom is -0.314 e. The number of hydrogen-bond acceptors (Lipinski definition) is 2. The largest absolute Gasteiger partial charge is 0.314 e. The molecule has 0 spiro atoms. The zero-order valence-corrected chi connectivity index (χ0v) is 12.3. The molecule has 3 nitrogen and oxygen atoms in total. The van der Waals surface area contributed by atoms with E-state index in [-0.39, 0.29) is 0 Å². The molecule has 0 aliphatic carbocycles. The summed E-state index contributed by atoms with van der Waals surface area (Å²) in [6.45, 7) is 5.67. The van der Waals surface area contributed by atoms with Crippen molar-refractivity contribution in [3.63, 3.8) is 0 Å². The fourth-order valence-electron chi connectivity index (χ4n) is 2.39. The molecule has 104 valence electrons. The van der Waals surface area contributed by atoms with Crippen LogP contribution in [0.2, 0.25) is 0 Å². The van der Waals surface area contributed by atoms with Crippen LogP contribution in [0.15, 0.2) is 12.3 Å². The van der Waals surface area contributed by atoms with Gasteiger partial charge in [-0.1, -0.05) is 26.7 Å². The fourth-order valence-corrected chi connectivity index (χ4v) is 2.39. The molecule has 1 atom stereocenters. The van der Waals surface area contributed by atoms with Gasteiger partial charge < -0.3 is 5.32 Å². The molecule has 18 heavy (non-hydrogen) atoms. The standard InChI is InChI=1S/C15H29N3/c1-4-8-14(16-12-5-2)9-6-7-10-15-11-13-17-18(15)3/h11,13-14,16H,4-10,12H2,1-3H3. The first kappa shape index (κ1) is 15.2. The second-order valence-electron chi connectivity index (χ2n) is 5.13. The van der Waals surface area contributed by atoms with E-state index >= 15 is 0 Å². The number of aromatic nitrogens is 2. The summed E-state index contributed by atoms with van der Waals surface area (Å²) in [5, 5.41) is 7.86. The SMILES string of the molecule is CCCNC(CCC)CCCCc1ccnn1C. The minimum absolute atomic E-state index is 0.724. The molecule has 0 saturated heterocycles. The lowest BCUT2D eigenvalue weighted by molar-refractivity contribution is 0.431. The molecule has 1 aromatic rings. The Morgan fingerprint density at radius 1 is 1.22 bits per heavy atom. The zero-order valence-electron chi connectivity index (χ0n) is 12.3. The van der Waals surface area contributed by atoms with Crippen molar-refractivity contribution in [3.05, 3.63) is 18.0 Å². The van der Waals surface area contributed by atoms with Crippen molar-refractivity contribution in [2.24, 2.45) is 7.05 Å². The predicted molar refractivity (Wildman–Crippen MR) is 77.8 cm³/mol.